The Labute approximate surface area is 116 Å². The van der Waals surface area contributed by atoms with E-state index in [1.54, 1.807) is 0 Å². The minimum atomic E-state index is -3.97. The number of halogens is 1. The van der Waals surface area contributed by atoms with E-state index in [-0.39, 0.29) is 23.7 Å². The molecular weight excluding hydrogens is 294 g/mol. The summed E-state index contributed by atoms with van der Waals surface area (Å²) in [5.41, 5.74) is -0.0951. The van der Waals surface area contributed by atoms with Crippen molar-refractivity contribution in [2.45, 2.75) is 4.90 Å². The van der Waals surface area contributed by atoms with Gasteiger partial charge < -0.3 is 9.47 Å². The monoisotopic (exact) mass is 307 g/mol. The lowest BCUT2D eigenvalue weighted by Gasteiger charge is -2.08. The third-order valence-corrected chi connectivity index (χ3v) is 3.22. The van der Waals surface area contributed by atoms with E-state index in [2.05, 4.69) is 0 Å². The molecule has 0 saturated carbocycles. The maximum atomic E-state index is 11.7. The third kappa shape index (κ3) is 5.15. The number of hydrogen-bond acceptors (Lipinski definition) is 5. The van der Waals surface area contributed by atoms with Crippen molar-refractivity contribution >= 4 is 27.6 Å². The number of primary sulfonamides is 1. The van der Waals surface area contributed by atoms with E-state index in [1.165, 1.54) is 24.3 Å². The van der Waals surface area contributed by atoms with E-state index in [0.29, 0.717) is 12.5 Å². The number of alkyl halides is 1. The molecule has 0 heterocycles. The van der Waals surface area contributed by atoms with Crippen LogP contribution in [0.3, 0.4) is 0 Å². The Balaban J connectivity index is 2.68. The molecule has 0 atom stereocenters. The Morgan fingerprint density at radius 3 is 2.53 bits per heavy atom. The first-order valence-electron chi connectivity index (χ1n) is 5.39. The van der Waals surface area contributed by atoms with Crippen LogP contribution in [0.25, 0.3) is 0 Å². The summed E-state index contributed by atoms with van der Waals surface area (Å²) in [6, 6.07) is 5.58. The molecular formula is C11H14ClNO5S. The molecule has 0 aliphatic heterocycles. The summed E-state index contributed by atoms with van der Waals surface area (Å²) in [5, 5.41) is 5.01. The molecule has 1 aromatic rings. The molecule has 0 aliphatic rings. The minimum absolute atomic E-state index is 0.00861. The summed E-state index contributed by atoms with van der Waals surface area (Å²) in [5.74, 6) is -0.415. The lowest BCUT2D eigenvalue weighted by molar-refractivity contribution is 0.0334. The molecule has 0 aliphatic carbocycles. The van der Waals surface area contributed by atoms with Crippen molar-refractivity contribution in [2.75, 3.05) is 25.7 Å². The Morgan fingerprint density at radius 1 is 1.21 bits per heavy atom. The first kappa shape index (κ1) is 15.9. The second-order valence-corrected chi connectivity index (χ2v) is 5.39. The molecule has 19 heavy (non-hydrogen) atoms. The van der Waals surface area contributed by atoms with Crippen LogP contribution in [0.5, 0.6) is 0 Å². The maximum Gasteiger partial charge on any atom is 0.339 e. The van der Waals surface area contributed by atoms with Gasteiger partial charge in [-0.25, -0.2) is 18.4 Å². The van der Waals surface area contributed by atoms with Gasteiger partial charge >= 0.3 is 5.97 Å². The molecule has 0 bridgehead atoms. The van der Waals surface area contributed by atoms with Crippen LogP contribution in [0.1, 0.15) is 10.4 Å². The predicted octanol–water partition coefficient (Wildman–Crippen LogP) is 0.746. The van der Waals surface area contributed by atoms with Gasteiger partial charge in [-0.2, -0.15) is 0 Å². The van der Waals surface area contributed by atoms with Crippen LogP contribution in [0, 0.1) is 0 Å². The lowest BCUT2D eigenvalue weighted by atomic mass is 10.2. The molecule has 0 saturated heterocycles. The van der Waals surface area contributed by atoms with Gasteiger partial charge in [0.2, 0.25) is 10.0 Å². The summed E-state index contributed by atoms with van der Waals surface area (Å²) in [7, 11) is -3.97. The number of esters is 1. The summed E-state index contributed by atoms with van der Waals surface area (Å²) in [4.78, 5) is 11.5. The highest BCUT2D eigenvalue weighted by atomic mass is 35.5. The SMILES string of the molecule is NS(=O)(=O)c1ccccc1C(=O)OCCOCCCl. The normalized spacial score (nSPS) is 11.3. The summed E-state index contributed by atoms with van der Waals surface area (Å²) in [6.45, 7) is 0.553. The van der Waals surface area contributed by atoms with Crippen molar-refractivity contribution in [3.8, 4) is 0 Å². The number of rotatable bonds is 7. The number of carbonyl (C=O) groups excluding carboxylic acids is 1. The quantitative estimate of drug-likeness (QED) is 0.455. The van der Waals surface area contributed by atoms with Gasteiger partial charge in [0.1, 0.15) is 6.61 Å². The fraction of sp³-hybridized carbons (Fsp3) is 0.364. The van der Waals surface area contributed by atoms with Crippen molar-refractivity contribution in [2.24, 2.45) is 5.14 Å². The number of sulfonamides is 1. The Hall–Kier alpha value is -1.15. The summed E-state index contributed by atoms with van der Waals surface area (Å²) >= 11 is 5.40. The van der Waals surface area contributed by atoms with Crippen molar-refractivity contribution in [3.63, 3.8) is 0 Å². The Morgan fingerprint density at radius 2 is 1.89 bits per heavy atom. The Kier molecular flexibility index (Phi) is 6.23. The van der Waals surface area contributed by atoms with Gasteiger partial charge in [-0.15, -0.1) is 11.6 Å². The lowest BCUT2D eigenvalue weighted by Crippen LogP contribution is -2.19. The van der Waals surface area contributed by atoms with Crippen LogP contribution >= 0.6 is 11.6 Å². The first-order chi connectivity index (χ1) is 8.96. The van der Waals surface area contributed by atoms with E-state index in [1.807, 2.05) is 0 Å². The fourth-order valence-electron chi connectivity index (χ4n) is 1.31. The molecule has 0 amide bonds. The van der Waals surface area contributed by atoms with Crippen LogP contribution in [-0.2, 0) is 19.5 Å². The molecule has 1 rings (SSSR count). The molecule has 106 valence electrons. The van der Waals surface area contributed by atoms with Crippen molar-refractivity contribution < 1.29 is 22.7 Å². The smallest absolute Gasteiger partial charge is 0.339 e. The van der Waals surface area contributed by atoms with Crippen molar-refractivity contribution in [3.05, 3.63) is 29.8 Å². The van der Waals surface area contributed by atoms with Gasteiger partial charge in [0.05, 0.1) is 23.7 Å². The molecule has 0 aromatic heterocycles. The van der Waals surface area contributed by atoms with Gasteiger partial charge in [0.25, 0.3) is 0 Å². The van der Waals surface area contributed by atoms with E-state index in [0.717, 1.165) is 0 Å². The summed E-state index contributed by atoms with van der Waals surface area (Å²) < 4.78 is 32.5. The van der Waals surface area contributed by atoms with Crippen molar-refractivity contribution in [1.82, 2.24) is 0 Å². The number of hydrogen-bond donors (Lipinski definition) is 1. The zero-order chi connectivity index (χ0) is 14.3. The average Bonchev–Trinajstić information content (AvgIpc) is 2.37. The molecule has 1 aromatic carbocycles. The van der Waals surface area contributed by atoms with E-state index < -0.39 is 16.0 Å². The third-order valence-electron chi connectivity index (χ3n) is 2.10. The highest BCUT2D eigenvalue weighted by Gasteiger charge is 2.19. The van der Waals surface area contributed by atoms with Crippen LogP contribution in [-0.4, -0.2) is 40.1 Å². The summed E-state index contributed by atoms with van der Waals surface area (Å²) in [6.07, 6.45) is 0. The average molecular weight is 308 g/mol. The number of benzene rings is 1. The zero-order valence-electron chi connectivity index (χ0n) is 10.0. The number of carbonyl (C=O) groups is 1. The standard InChI is InChI=1S/C11H14ClNO5S/c12-5-6-17-7-8-18-11(14)9-3-1-2-4-10(9)19(13,15)16/h1-4H,5-8H2,(H2,13,15,16). The molecule has 0 spiro atoms. The zero-order valence-corrected chi connectivity index (χ0v) is 11.6. The van der Waals surface area contributed by atoms with Gasteiger partial charge in [-0.05, 0) is 12.1 Å². The van der Waals surface area contributed by atoms with Crippen LogP contribution in [0.15, 0.2) is 29.2 Å². The van der Waals surface area contributed by atoms with Gasteiger partial charge in [0.15, 0.2) is 0 Å². The first-order valence-corrected chi connectivity index (χ1v) is 7.47. The number of ether oxygens (including phenoxy) is 2. The predicted molar refractivity (Wildman–Crippen MR) is 69.6 cm³/mol. The number of nitrogens with two attached hydrogens (primary N) is 1. The Bertz CT molecular complexity index is 532. The molecule has 8 heteroatoms. The van der Waals surface area contributed by atoms with Gasteiger partial charge in [-0.1, -0.05) is 12.1 Å². The molecule has 6 nitrogen and oxygen atoms in total. The minimum Gasteiger partial charge on any atom is -0.460 e. The highest BCUT2D eigenvalue weighted by Crippen LogP contribution is 2.14. The van der Waals surface area contributed by atoms with Gasteiger partial charge in [0, 0.05) is 5.88 Å². The van der Waals surface area contributed by atoms with E-state index in [4.69, 9.17) is 26.2 Å². The fourth-order valence-corrected chi connectivity index (χ4v) is 2.15. The highest BCUT2D eigenvalue weighted by molar-refractivity contribution is 7.89. The molecule has 0 fully saturated rings. The maximum absolute atomic E-state index is 11.7. The molecule has 2 N–H and O–H groups in total. The van der Waals surface area contributed by atoms with E-state index in [9.17, 15) is 13.2 Å². The molecule has 0 radical (unpaired) electrons. The molecule has 0 unspecified atom stereocenters. The second kappa shape index (κ2) is 7.44. The largest absolute Gasteiger partial charge is 0.460 e. The van der Waals surface area contributed by atoms with Crippen LogP contribution in [0.4, 0.5) is 0 Å². The topological polar surface area (TPSA) is 95.7 Å². The van der Waals surface area contributed by atoms with Crippen LogP contribution in [0.2, 0.25) is 0 Å². The van der Waals surface area contributed by atoms with Crippen molar-refractivity contribution in [1.29, 1.82) is 0 Å². The van der Waals surface area contributed by atoms with Crippen LogP contribution < -0.4 is 5.14 Å². The second-order valence-electron chi connectivity index (χ2n) is 3.48. The van der Waals surface area contributed by atoms with E-state index >= 15 is 0 Å². The van der Waals surface area contributed by atoms with Gasteiger partial charge in [-0.3, -0.25) is 0 Å².